The smallest absolute Gasteiger partial charge is 0.234 e. The molecule has 2 heterocycles. The highest BCUT2D eigenvalue weighted by molar-refractivity contribution is 8.01. The van der Waals surface area contributed by atoms with Crippen molar-refractivity contribution in [2.45, 2.75) is 50.8 Å². The number of carbonyl (C=O) groups is 2. The molecule has 1 aliphatic carbocycles. The van der Waals surface area contributed by atoms with Gasteiger partial charge in [-0.1, -0.05) is 72.8 Å². The van der Waals surface area contributed by atoms with Crippen LogP contribution in [0.4, 0.5) is 10.8 Å². The zero-order valence-electron chi connectivity index (χ0n) is 23.1. The van der Waals surface area contributed by atoms with E-state index in [9.17, 15) is 14.9 Å². The van der Waals surface area contributed by atoms with E-state index < -0.39 is 5.92 Å². The van der Waals surface area contributed by atoms with E-state index in [4.69, 9.17) is 17.3 Å². The molecule has 0 radical (unpaired) electrons. The monoisotopic (exact) mass is 604 g/mol. The van der Waals surface area contributed by atoms with Gasteiger partial charge in [-0.2, -0.15) is 5.26 Å². The van der Waals surface area contributed by atoms with Gasteiger partial charge in [-0.3, -0.25) is 14.5 Å². The van der Waals surface area contributed by atoms with E-state index >= 15 is 0 Å². The molecule has 5 rings (SSSR count). The second-order valence-electron chi connectivity index (χ2n) is 11.0. The van der Waals surface area contributed by atoms with Gasteiger partial charge in [-0.25, -0.2) is 0 Å². The number of hydrogen-bond acceptors (Lipinski definition) is 9. The van der Waals surface area contributed by atoms with Crippen molar-refractivity contribution in [2.75, 3.05) is 16.0 Å². The van der Waals surface area contributed by atoms with Gasteiger partial charge in [-0.05, 0) is 60.6 Å². The van der Waals surface area contributed by atoms with E-state index in [1.54, 1.807) is 11.0 Å². The summed E-state index contributed by atoms with van der Waals surface area (Å²) in [6.07, 6.45) is 0.890. The number of ketones is 1. The number of aryl methyl sites for hydroxylation is 2. The van der Waals surface area contributed by atoms with Crippen LogP contribution in [0.5, 0.6) is 0 Å². The Labute approximate surface area is 252 Å². The van der Waals surface area contributed by atoms with Gasteiger partial charge in [0.15, 0.2) is 10.1 Å². The minimum Gasteiger partial charge on any atom is -0.384 e. The van der Waals surface area contributed by atoms with E-state index in [2.05, 4.69) is 21.6 Å². The molecule has 41 heavy (non-hydrogen) atoms. The number of aromatic nitrogens is 2. The van der Waals surface area contributed by atoms with Crippen LogP contribution in [0.15, 0.2) is 69.5 Å². The molecular formula is C30H29ClN6O2S2. The van der Waals surface area contributed by atoms with Crippen LogP contribution in [-0.4, -0.2) is 27.6 Å². The summed E-state index contributed by atoms with van der Waals surface area (Å²) in [7, 11) is 0. The molecule has 0 spiro atoms. The third-order valence-corrected chi connectivity index (χ3v) is 9.69. The van der Waals surface area contributed by atoms with Crippen LogP contribution >= 0.6 is 34.7 Å². The van der Waals surface area contributed by atoms with E-state index in [0.29, 0.717) is 44.2 Å². The van der Waals surface area contributed by atoms with E-state index in [0.717, 1.165) is 16.8 Å². The topological polar surface area (TPSA) is 125 Å². The number of Topliss-reactive ketones (excluding diaryl/α,β-unsaturated/α-hetero) is 1. The number of allylic oxidation sites excluding steroid dienone is 3. The molecule has 1 atom stereocenters. The number of amides is 1. The van der Waals surface area contributed by atoms with Crippen LogP contribution in [0.2, 0.25) is 5.02 Å². The second-order valence-corrected chi connectivity index (χ2v) is 13.6. The Hall–Kier alpha value is -3.65. The Bertz CT molecular complexity index is 1670. The zero-order chi connectivity index (χ0) is 29.5. The highest BCUT2D eigenvalue weighted by atomic mass is 35.5. The molecule has 11 heteroatoms. The first kappa shape index (κ1) is 28.9. The average Bonchev–Trinajstić information content (AvgIpc) is 3.37. The van der Waals surface area contributed by atoms with Crippen molar-refractivity contribution in [3.63, 3.8) is 0 Å². The maximum Gasteiger partial charge on any atom is 0.234 e. The fourth-order valence-electron chi connectivity index (χ4n) is 5.24. The predicted molar refractivity (Wildman–Crippen MR) is 164 cm³/mol. The van der Waals surface area contributed by atoms with Gasteiger partial charge >= 0.3 is 0 Å². The maximum absolute atomic E-state index is 13.7. The van der Waals surface area contributed by atoms with Crippen LogP contribution in [0.25, 0.3) is 0 Å². The molecule has 1 amide bonds. The second kappa shape index (κ2) is 11.3. The molecule has 2 aromatic carbocycles. The summed E-state index contributed by atoms with van der Waals surface area (Å²) in [5.41, 5.74) is 11.5. The van der Waals surface area contributed by atoms with Crippen LogP contribution in [0.3, 0.4) is 0 Å². The molecule has 3 N–H and O–H groups in total. The van der Waals surface area contributed by atoms with E-state index in [1.165, 1.54) is 23.1 Å². The third kappa shape index (κ3) is 5.75. The number of rotatable bonds is 6. The highest BCUT2D eigenvalue weighted by Crippen LogP contribution is 2.51. The third-order valence-electron chi connectivity index (χ3n) is 7.30. The highest BCUT2D eigenvalue weighted by Gasteiger charge is 2.45. The molecule has 0 saturated carbocycles. The molecule has 1 aromatic heterocycles. The number of nitrogens with two attached hydrogens (primary N) is 1. The summed E-state index contributed by atoms with van der Waals surface area (Å²) < 4.78 is 0.568. The van der Waals surface area contributed by atoms with Crippen molar-refractivity contribution >= 4 is 57.2 Å². The van der Waals surface area contributed by atoms with Gasteiger partial charge in [0.1, 0.15) is 5.82 Å². The van der Waals surface area contributed by atoms with Gasteiger partial charge < -0.3 is 11.1 Å². The zero-order valence-corrected chi connectivity index (χ0v) is 25.5. The maximum atomic E-state index is 13.7. The van der Waals surface area contributed by atoms with Crippen molar-refractivity contribution in [1.82, 2.24) is 10.2 Å². The summed E-state index contributed by atoms with van der Waals surface area (Å²) in [4.78, 5) is 28.0. The molecular weight excluding hydrogens is 576 g/mol. The first-order valence-electron chi connectivity index (χ1n) is 13.0. The van der Waals surface area contributed by atoms with Gasteiger partial charge in [0.05, 0.1) is 23.3 Å². The Morgan fingerprint density at radius 2 is 1.98 bits per heavy atom. The summed E-state index contributed by atoms with van der Waals surface area (Å²) >= 11 is 9.09. The minimum absolute atomic E-state index is 0.0476. The molecule has 8 nitrogen and oxygen atoms in total. The molecule has 0 bridgehead atoms. The summed E-state index contributed by atoms with van der Waals surface area (Å²) in [5.74, 6) is -0.536. The first-order valence-corrected chi connectivity index (χ1v) is 15.2. The van der Waals surface area contributed by atoms with E-state index in [-0.39, 0.29) is 34.3 Å². The number of nitrogens with one attached hydrogen (secondary N) is 1. The number of thioether (sulfide) groups is 1. The largest absolute Gasteiger partial charge is 0.384 e. The lowest BCUT2D eigenvalue weighted by Gasteiger charge is -2.42. The van der Waals surface area contributed by atoms with Crippen LogP contribution < -0.4 is 16.0 Å². The molecule has 0 saturated heterocycles. The Morgan fingerprint density at radius 3 is 2.68 bits per heavy atom. The fourth-order valence-corrected chi connectivity index (χ4v) is 7.17. The minimum atomic E-state index is -0.667. The predicted octanol–water partition coefficient (Wildman–Crippen LogP) is 6.48. The van der Waals surface area contributed by atoms with Gasteiger partial charge in [0.25, 0.3) is 0 Å². The molecule has 3 aromatic rings. The number of halogens is 1. The molecule has 210 valence electrons. The van der Waals surface area contributed by atoms with Crippen LogP contribution in [-0.2, 0) is 9.59 Å². The summed E-state index contributed by atoms with van der Waals surface area (Å²) in [6, 6.07) is 15.2. The molecule has 1 unspecified atom stereocenters. The van der Waals surface area contributed by atoms with Crippen molar-refractivity contribution in [3.05, 3.63) is 86.8 Å². The number of hydrogen-bond donors (Lipinski definition) is 2. The Kier molecular flexibility index (Phi) is 7.97. The summed E-state index contributed by atoms with van der Waals surface area (Å²) in [5, 5.41) is 22.7. The quantitative estimate of drug-likeness (QED) is 0.306. The van der Waals surface area contributed by atoms with Gasteiger partial charge in [-0.15, -0.1) is 10.2 Å². The van der Waals surface area contributed by atoms with Crippen LogP contribution in [0.1, 0.15) is 49.3 Å². The number of nitriles is 1. The lowest BCUT2D eigenvalue weighted by Crippen LogP contribution is -2.42. The lowest BCUT2D eigenvalue weighted by molar-refractivity contribution is -0.118. The first-order chi connectivity index (χ1) is 19.5. The number of anilines is 2. The average molecular weight is 605 g/mol. The van der Waals surface area contributed by atoms with Gasteiger partial charge in [0.2, 0.25) is 11.0 Å². The molecule has 1 aliphatic heterocycles. The standard InChI is InChI=1S/C30H29ClN6O2S2/c1-16-9-10-18(11-17(16)2)34-24(39)15-40-29-36-35-28(41-29)37-22-12-30(3,4)13-23(38)26(22)25(20(14-32)27(37)33)19-7-5-6-8-21(19)31/h5-11,25H,12-13,15,33H2,1-4H3,(H,34,39). The van der Waals surface area contributed by atoms with E-state index in [1.807, 2.05) is 64.1 Å². The molecule has 2 aliphatic rings. The number of nitrogens with zero attached hydrogens (tertiary/aromatic N) is 4. The Balaban J connectivity index is 1.46. The normalized spacial score (nSPS) is 18.3. The molecule has 0 fully saturated rings. The SMILES string of the molecule is Cc1ccc(NC(=O)CSc2nnc(N3C(N)=C(C#N)C(c4ccccc4Cl)C4=C3CC(C)(C)CC4=O)s2)cc1C. The fraction of sp³-hybridized carbons (Fsp3) is 0.300. The number of carbonyl (C=O) groups excluding carboxylic acids is 2. The number of benzene rings is 2. The van der Waals surface area contributed by atoms with Crippen molar-refractivity contribution in [3.8, 4) is 6.07 Å². The Morgan fingerprint density at radius 1 is 1.22 bits per heavy atom. The van der Waals surface area contributed by atoms with Crippen LogP contribution in [0, 0.1) is 30.6 Å². The van der Waals surface area contributed by atoms with Crippen molar-refractivity contribution in [1.29, 1.82) is 5.26 Å². The van der Waals surface area contributed by atoms with Gasteiger partial charge in [0, 0.05) is 28.4 Å². The summed E-state index contributed by atoms with van der Waals surface area (Å²) in [6.45, 7) is 8.09. The van der Waals surface area contributed by atoms with Crippen molar-refractivity contribution < 1.29 is 9.59 Å². The van der Waals surface area contributed by atoms with Crippen molar-refractivity contribution in [2.24, 2.45) is 11.1 Å². The lowest BCUT2D eigenvalue weighted by atomic mass is 9.68.